The van der Waals surface area contributed by atoms with Crippen LogP contribution in [-0.2, 0) is 0 Å². The van der Waals surface area contributed by atoms with Crippen LogP contribution in [-0.4, -0.2) is 27.5 Å². The van der Waals surface area contributed by atoms with Crippen molar-refractivity contribution in [3.8, 4) is 22.8 Å². The second-order valence-corrected chi connectivity index (χ2v) is 5.50. The molecule has 24 heavy (non-hydrogen) atoms. The van der Waals surface area contributed by atoms with Crippen LogP contribution < -0.4 is 0 Å². The number of aromatic nitrogens is 3. The Balaban J connectivity index is 2.06. The molecule has 5 nitrogen and oxygen atoms in total. The zero-order valence-corrected chi connectivity index (χ0v) is 13.4. The summed E-state index contributed by atoms with van der Waals surface area (Å²) in [4.78, 5) is 35.5. The van der Waals surface area contributed by atoms with Crippen molar-refractivity contribution in [2.45, 2.75) is 13.8 Å². The standard InChI is InChI=1S/C19H15N3O2/c1-12-8-20-18(6-14(12)10-23)16-4-3-5-17(22-16)19-7-15(11-24)13(2)9-21-19/h3-11H,1-2H3. The highest BCUT2D eigenvalue weighted by Crippen LogP contribution is 2.22. The summed E-state index contributed by atoms with van der Waals surface area (Å²) in [5, 5.41) is 0. The molecule has 3 aromatic heterocycles. The average Bonchev–Trinajstić information content (AvgIpc) is 2.62. The number of rotatable bonds is 4. The second-order valence-electron chi connectivity index (χ2n) is 5.50. The number of hydrogen-bond donors (Lipinski definition) is 0. The first-order chi connectivity index (χ1) is 11.6. The van der Waals surface area contributed by atoms with Crippen LogP contribution in [0.3, 0.4) is 0 Å². The lowest BCUT2D eigenvalue weighted by atomic mass is 10.1. The fourth-order valence-electron chi connectivity index (χ4n) is 2.33. The lowest BCUT2D eigenvalue weighted by molar-refractivity contribution is 0.111. The molecule has 0 N–H and O–H groups in total. The van der Waals surface area contributed by atoms with Gasteiger partial charge in [-0.2, -0.15) is 0 Å². The predicted octanol–water partition coefficient (Wildman–Crippen LogP) is 3.45. The van der Waals surface area contributed by atoms with Crippen LogP contribution in [0.4, 0.5) is 0 Å². The number of aldehydes is 2. The molecule has 0 saturated carbocycles. The second kappa shape index (κ2) is 6.50. The van der Waals surface area contributed by atoms with E-state index < -0.39 is 0 Å². The Kier molecular flexibility index (Phi) is 4.24. The largest absolute Gasteiger partial charge is 0.298 e. The van der Waals surface area contributed by atoms with E-state index in [0.717, 1.165) is 23.7 Å². The lowest BCUT2D eigenvalue weighted by Crippen LogP contribution is -1.96. The molecule has 0 saturated heterocycles. The Bertz CT molecular complexity index is 863. The van der Waals surface area contributed by atoms with Crippen molar-refractivity contribution in [3.63, 3.8) is 0 Å². The number of carbonyl (C=O) groups is 2. The topological polar surface area (TPSA) is 72.8 Å². The summed E-state index contributed by atoms with van der Waals surface area (Å²) >= 11 is 0. The average molecular weight is 317 g/mol. The molecule has 3 aromatic rings. The summed E-state index contributed by atoms with van der Waals surface area (Å²) in [6.45, 7) is 3.67. The van der Waals surface area contributed by atoms with E-state index in [9.17, 15) is 9.59 Å². The highest BCUT2D eigenvalue weighted by molar-refractivity contribution is 5.80. The van der Waals surface area contributed by atoms with Gasteiger partial charge in [-0.3, -0.25) is 19.6 Å². The molecule has 0 radical (unpaired) electrons. The molecule has 0 amide bonds. The number of carbonyl (C=O) groups excluding carboxylic acids is 2. The van der Waals surface area contributed by atoms with Crippen molar-refractivity contribution in [1.29, 1.82) is 0 Å². The summed E-state index contributed by atoms with van der Waals surface area (Å²) < 4.78 is 0. The summed E-state index contributed by atoms with van der Waals surface area (Å²) in [6, 6.07) is 8.93. The third-order valence-electron chi connectivity index (χ3n) is 3.82. The fourth-order valence-corrected chi connectivity index (χ4v) is 2.33. The van der Waals surface area contributed by atoms with E-state index >= 15 is 0 Å². The molecule has 0 atom stereocenters. The van der Waals surface area contributed by atoms with E-state index in [1.807, 2.05) is 32.0 Å². The van der Waals surface area contributed by atoms with Crippen LogP contribution in [0.15, 0.2) is 42.7 Å². The molecular weight excluding hydrogens is 302 g/mol. The van der Waals surface area contributed by atoms with Crippen molar-refractivity contribution < 1.29 is 9.59 Å². The van der Waals surface area contributed by atoms with E-state index in [4.69, 9.17) is 0 Å². The number of aryl methyl sites for hydroxylation is 2. The van der Waals surface area contributed by atoms with E-state index in [0.29, 0.717) is 33.9 Å². The molecule has 118 valence electrons. The lowest BCUT2D eigenvalue weighted by Gasteiger charge is -2.07. The van der Waals surface area contributed by atoms with Crippen molar-refractivity contribution in [2.24, 2.45) is 0 Å². The minimum absolute atomic E-state index is 0.587. The molecule has 3 rings (SSSR count). The van der Waals surface area contributed by atoms with Crippen molar-refractivity contribution >= 4 is 12.6 Å². The van der Waals surface area contributed by atoms with Crippen molar-refractivity contribution in [3.05, 3.63) is 65.0 Å². The minimum atomic E-state index is 0.587. The van der Waals surface area contributed by atoms with Crippen LogP contribution in [0.2, 0.25) is 0 Å². The highest BCUT2D eigenvalue weighted by atomic mass is 16.1. The van der Waals surface area contributed by atoms with Crippen molar-refractivity contribution in [1.82, 2.24) is 15.0 Å². The molecule has 0 spiro atoms. The van der Waals surface area contributed by atoms with Crippen LogP contribution in [0.1, 0.15) is 31.8 Å². The molecule has 0 aliphatic heterocycles. The fraction of sp³-hybridized carbons (Fsp3) is 0.105. The van der Waals surface area contributed by atoms with E-state index in [1.54, 1.807) is 24.5 Å². The van der Waals surface area contributed by atoms with Crippen LogP contribution in [0, 0.1) is 13.8 Å². The van der Waals surface area contributed by atoms with E-state index in [-0.39, 0.29) is 0 Å². The number of pyridine rings is 3. The third kappa shape index (κ3) is 2.96. The van der Waals surface area contributed by atoms with Gasteiger partial charge in [-0.1, -0.05) is 6.07 Å². The molecule has 0 fully saturated rings. The number of nitrogens with zero attached hydrogens (tertiary/aromatic N) is 3. The first-order valence-electron chi connectivity index (χ1n) is 7.44. The van der Waals surface area contributed by atoms with Crippen LogP contribution in [0.25, 0.3) is 22.8 Å². The maximum Gasteiger partial charge on any atom is 0.150 e. The quantitative estimate of drug-likeness (QED) is 0.689. The van der Waals surface area contributed by atoms with Gasteiger partial charge in [0.25, 0.3) is 0 Å². The van der Waals surface area contributed by atoms with Gasteiger partial charge in [0.1, 0.15) is 12.6 Å². The Morgan fingerprint density at radius 2 is 1.21 bits per heavy atom. The zero-order chi connectivity index (χ0) is 17.1. The summed E-state index contributed by atoms with van der Waals surface area (Å²) in [5.41, 5.74) is 5.34. The normalized spacial score (nSPS) is 10.4. The van der Waals surface area contributed by atoms with Gasteiger partial charge in [-0.25, -0.2) is 4.98 Å². The Hall–Kier alpha value is -3.21. The van der Waals surface area contributed by atoms with E-state index in [2.05, 4.69) is 15.0 Å². The molecule has 0 bridgehead atoms. The molecular formula is C19H15N3O2. The Labute approximate surface area is 139 Å². The van der Waals surface area contributed by atoms with Crippen LogP contribution in [0.5, 0.6) is 0 Å². The smallest absolute Gasteiger partial charge is 0.150 e. The first kappa shape index (κ1) is 15.7. The summed E-state index contributed by atoms with van der Waals surface area (Å²) in [7, 11) is 0. The maximum absolute atomic E-state index is 11.1. The van der Waals surface area contributed by atoms with Gasteiger partial charge in [-0.15, -0.1) is 0 Å². The maximum atomic E-state index is 11.1. The SMILES string of the molecule is Cc1cnc(-c2cccc(-c3cc(C=O)c(C)cn3)n2)cc1C=O. The molecule has 0 unspecified atom stereocenters. The Morgan fingerprint density at radius 3 is 1.62 bits per heavy atom. The van der Waals surface area contributed by atoms with Gasteiger partial charge in [-0.05, 0) is 49.2 Å². The summed E-state index contributed by atoms with van der Waals surface area (Å²) in [5.74, 6) is 0. The molecule has 0 aliphatic rings. The molecule has 5 heteroatoms. The van der Waals surface area contributed by atoms with Gasteiger partial charge in [0, 0.05) is 23.5 Å². The molecule has 3 heterocycles. The van der Waals surface area contributed by atoms with Gasteiger partial charge in [0.2, 0.25) is 0 Å². The minimum Gasteiger partial charge on any atom is -0.298 e. The zero-order valence-electron chi connectivity index (χ0n) is 13.4. The third-order valence-corrected chi connectivity index (χ3v) is 3.82. The van der Waals surface area contributed by atoms with Gasteiger partial charge >= 0.3 is 0 Å². The van der Waals surface area contributed by atoms with E-state index in [1.165, 1.54) is 0 Å². The monoisotopic (exact) mass is 317 g/mol. The molecule has 0 aliphatic carbocycles. The predicted molar refractivity (Wildman–Crippen MR) is 90.9 cm³/mol. The van der Waals surface area contributed by atoms with Gasteiger partial charge in [0.15, 0.2) is 0 Å². The van der Waals surface area contributed by atoms with Crippen molar-refractivity contribution in [2.75, 3.05) is 0 Å². The highest BCUT2D eigenvalue weighted by Gasteiger charge is 2.09. The van der Waals surface area contributed by atoms with Gasteiger partial charge in [0.05, 0.1) is 22.8 Å². The van der Waals surface area contributed by atoms with Crippen LogP contribution >= 0.6 is 0 Å². The Morgan fingerprint density at radius 1 is 0.750 bits per heavy atom. The number of hydrogen-bond acceptors (Lipinski definition) is 5. The van der Waals surface area contributed by atoms with Gasteiger partial charge < -0.3 is 0 Å². The molecule has 0 aromatic carbocycles. The first-order valence-corrected chi connectivity index (χ1v) is 7.44. The summed E-state index contributed by atoms with van der Waals surface area (Å²) in [6.07, 6.45) is 4.93.